The maximum absolute atomic E-state index is 11.6. The Kier molecular flexibility index (Phi) is 3.27. The molecule has 0 aromatic heterocycles. The molecular formula is C9H18N2O2. The Balaban J connectivity index is 2.35. The summed E-state index contributed by atoms with van der Waals surface area (Å²) < 4.78 is 4.97. The topological polar surface area (TPSA) is 50.4 Å². The molecule has 4 nitrogen and oxygen atoms in total. The minimum absolute atomic E-state index is 0.0441. The summed E-state index contributed by atoms with van der Waals surface area (Å²) in [5.74, 6) is 0.0441. The number of hydrogen-bond acceptors (Lipinski definition) is 3. The predicted molar refractivity (Wildman–Crippen MR) is 50.5 cm³/mol. The molecule has 0 bridgehead atoms. The summed E-state index contributed by atoms with van der Waals surface area (Å²) >= 11 is 0. The predicted octanol–water partition coefficient (Wildman–Crippen LogP) is -0.110. The highest BCUT2D eigenvalue weighted by Crippen LogP contribution is 2.05. The summed E-state index contributed by atoms with van der Waals surface area (Å²) in [7, 11) is 0. The Bertz CT molecular complexity index is 188. The SMILES string of the molecule is CCNC(C)(C)C(=O)NC1COC1. The monoisotopic (exact) mass is 186 g/mol. The summed E-state index contributed by atoms with van der Waals surface area (Å²) in [6.45, 7) is 7.83. The molecule has 0 aromatic rings. The molecule has 1 saturated heterocycles. The first-order valence-electron chi connectivity index (χ1n) is 4.70. The van der Waals surface area contributed by atoms with Crippen molar-refractivity contribution in [3.05, 3.63) is 0 Å². The Hall–Kier alpha value is -0.610. The van der Waals surface area contributed by atoms with Crippen LogP contribution in [0.3, 0.4) is 0 Å². The average molecular weight is 186 g/mol. The van der Waals surface area contributed by atoms with Gasteiger partial charge in [-0.2, -0.15) is 0 Å². The number of rotatable bonds is 4. The van der Waals surface area contributed by atoms with Gasteiger partial charge in [-0.05, 0) is 20.4 Å². The average Bonchev–Trinajstić information content (AvgIpc) is 1.96. The first kappa shape index (κ1) is 10.5. The van der Waals surface area contributed by atoms with Crippen molar-refractivity contribution < 1.29 is 9.53 Å². The zero-order valence-electron chi connectivity index (χ0n) is 8.52. The van der Waals surface area contributed by atoms with Crippen LogP contribution in [0.4, 0.5) is 0 Å². The van der Waals surface area contributed by atoms with E-state index in [1.165, 1.54) is 0 Å². The maximum Gasteiger partial charge on any atom is 0.240 e. The Morgan fingerprint density at radius 1 is 1.54 bits per heavy atom. The fourth-order valence-electron chi connectivity index (χ4n) is 1.21. The lowest BCUT2D eigenvalue weighted by Gasteiger charge is -2.32. The first-order valence-corrected chi connectivity index (χ1v) is 4.70. The lowest BCUT2D eigenvalue weighted by molar-refractivity contribution is -0.130. The van der Waals surface area contributed by atoms with Gasteiger partial charge >= 0.3 is 0 Å². The third-order valence-electron chi connectivity index (χ3n) is 2.16. The lowest BCUT2D eigenvalue weighted by atomic mass is 10.0. The van der Waals surface area contributed by atoms with Crippen LogP contribution in [0.2, 0.25) is 0 Å². The van der Waals surface area contributed by atoms with Crippen LogP contribution in [-0.2, 0) is 9.53 Å². The maximum atomic E-state index is 11.6. The van der Waals surface area contributed by atoms with Gasteiger partial charge in [0.15, 0.2) is 0 Å². The van der Waals surface area contributed by atoms with Gasteiger partial charge in [0.1, 0.15) is 0 Å². The van der Waals surface area contributed by atoms with Gasteiger partial charge in [0, 0.05) is 0 Å². The van der Waals surface area contributed by atoms with E-state index < -0.39 is 5.54 Å². The van der Waals surface area contributed by atoms with E-state index in [4.69, 9.17) is 4.74 Å². The third-order valence-corrected chi connectivity index (χ3v) is 2.16. The van der Waals surface area contributed by atoms with Gasteiger partial charge in [-0.3, -0.25) is 4.79 Å². The van der Waals surface area contributed by atoms with E-state index in [2.05, 4.69) is 10.6 Å². The van der Waals surface area contributed by atoms with Crippen molar-refractivity contribution in [3.63, 3.8) is 0 Å². The van der Waals surface area contributed by atoms with Gasteiger partial charge in [0.25, 0.3) is 0 Å². The zero-order valence-corrected chi connectivity index (χ0v) is 8.52. The van der Waals surface area contributed by atoms with Crippen molar-refractivity contribution in [1.29, 1.82) is 0 Å². The van der Waals surface area contributed by atoms with Crippen LogP contribution in [0.5, 0.6) is 0 Å². The minimum atomic E-state index is -0.482. The largest absolute Gasteiger partial charge is 0.377 e. The highest BCUT2D eigenvalue weighted by Gasteiger charge is 2.30. The van der Waals surface area contributed by atoms with E-state index in [9.17, 15) is 4.79 Å². The molecule has 0 unspecified atom stereocenters. The molecule has 1 heterocycles. The van der Waals surface area contributed by atoms with Gasteiger partial charge in [-0.15, -0.1) is 0 Å². The smallest absolute Gasteiger partial charge is 0.240 e. The molecular weight excluding hydrogens is 168 g/mol. The molecule has 0 radical (unpaired) electrons. The van der Waals surface area contributed by atoms with Crippen LogP contribution in [0.1, 0.15) is 20.8 Å². The third kappa shape index (κ3) is 2.67. The Morgan fingerprint density at radius 3 is 2.54 bits per heavy atom. The van der Waals surface area contributed by atoms with Gasteiger partial charge < -0.3 is 15.4 Å². The summed E-state index contributed by atoms with van der Waals surface area (Å²) in [5.41, 5.74) is -0.482. The van der Waals surface area contributed by atoms with Gasteiger partial charge in [0.05, 0.1) is 24.8 Å². The van der Waals surface area contributed by atoms with Crippen molar-refractivity contribution in [1.82, 2.24) is 10.6 Å². The molecule has 0 saturated carbocycles. The van der Waals surface area contributed by atoms with Crippen LogP contribution >= 0.6 is 0 Å². The molecule has 2 N–H and O–H groups in total. The van der Waals surface area contributed by atoms with Crippen LogP contribution in [-0.4, -0.2) is 37.2 Å². The lowest BCUT2D eigenvalue weighted by Crippen LogP contribution is -2.58. The number of nitrogens with one attached hydrogen (secondary N) is 2. The molecule has 0 aliphatic carbocycles. The van der Waals surface area contributed by atoms with E-state index in [1.807, 2.05) is 20.8 Å². The number of ether oxygens (including phenoxy) is 1. The van der Waals surface area contributed by atoms with Crippen molar-refractivity contribution in [2.45, 2.75) is 32.4 Å². The highest BCUT2D eigenvalue weighted by molar-refractivity contribution is 5.85. The quantitative estimate of drug-likeness (QED) is 0.644. The van der Waals surface area contributed by atoms with Crippen LogP contribution in [0, 0.1) is 0 Å². The Morgan fingerprint density at radius 2 is 2.15 bits per heavy atom. The van der Waals surface area contributed by atoms with Gasteiger partial charge in [0.2, 0.25) is 5.91 Å². The van der Waals surface area contributed by atoms with Crippen molar-refractivity contribution in [2.24, 2.45) is 0 Å². The van der Waals surface area contributed by atoms with E-state index >= 15 is 0 Å². The standard InChI is InChI=1S/C9H18N2O2/c1-4-10-9(2,3)8(12)11-7-5-13-6-7/h7,10H,4-6H2,1-3H3,(H,11,12). The van der Waals surface area contributed by atoms with Crippen LogP contribution in [0.15, 0.2) is 0 Å². The van der Waals surface area contributed by atoms with Gasteiger partial charge in [-0.1, -0.05) is 6.92 Å². The second kappa shape index (κ2) is 4.07. The molecule has 76 valence electrons. The Labute approximate surface area is 79.0 Å². The summed E-state index contributed by atoms with van der Waals surface area (Å²) in [6.07, 6.45) is 0. The molecule has 1 aliphatic rings. The van der Waals surface area contributed by atoms with E-state index in [-0.39, 0.29) is 11.9 Å². The first-order chi connectivity index (χ1) is 6.06. The van der Waals surface area contributed by atoms with Crippen molar-refractivity contribution in [2.75, 3.05) is 19.8 Å². The minimum Gasteiger partial charge on any atom is -0.377 e. The number of carbonyl (C=O) groups excluding carboxylic acids is 1. The summed E-state index contributed by atoms with van der Waals surface area (Å²) in [6, 6.07) is 0.213. The van der Waals surface area contributed by atoms with Crippen LogP contribution < -0.4 is 10.6 Å². The number of hydrogen-bond donors (Lipinski definition) is 2. The zero-order chi connectivity index (χ0) is 9.90. The fraction of sp³-hybridized carbons (Fsp3) is 0.889. The second-order valence-corrected chi connectivity index (χ2v) is 3.86. The summed E-state index contributed by atoms with van der Waals surface area (Å²) in [4.78, 5) is 11.6. The molecule has 1 rings (SSSR count). The summed E-state index contributed by atoms with van der Waals surface area (Å²) in [5, 5.41) is 6.04. The number of carbonyl (C=O) groups is 1. The normalized spacial score (nSPS) is 18.1. The molecule has 1 aliphatic heterocycles. The van der Waals surface area contributed by atoms with Gasteiger partial charge in [-0.25, -0.2) is 0 Å². The highest BCUT2D eigenvalue weighted by atomic mass is 16.5. The molecule has 0 atom stereocenters. The molecule has 1 fully saturated rings. The molecule has 0 aromatic carbocycles. The fourth-order valence-corrected chi connectivity index (χ4v) is 1.21. The molecule has 4 heteroatoms. The number of amides is 1. The van der Waals surface area contributed by atoms with Crippen molar-refractivity contribution in [3.8, 4) is 0 Å². The van der Waals surface area contributed by atoms with E-state index in [1.54, 1.807) is 0 Å². The second-order valence-electron chi connectivity index (χ2n) is 3.86. The van der Waals surface area contributed by atoms with E-state index in [0.29, 0.717) is 13.2 Å². The molecule has 13 heavy (non-hydrogen) atoms. The van der Waals surface area contributed by atoms with E-state index in [0.717, 1.165) is 6.54 Å². The number of likely N-dealkylation sites (N-methyl/N-ethyl adjacent to an activating group) is 1. The van der Waals surface area contributed by atoms with Crippen LogP contribution in [0.25, 0.3) is 0 Å². The molecule has 1 amide bonds. The molecule has 0 spiro atoms. The van der Waals surface area contributed by atoms with Crippen molar-refractivity contribution >= 4 is 5.91 Å².